The van der Waals surface area contributed by atoms with Gasteiger partial charge >= 0.3 is 11.6 Å². The Morgan fingerprint density at radius 3 is 2.10 bits per heavy atom. The Kier molecular flexibility index (Phi) is 5.54. The van der Waals surface area contributed by atoms with Gasteiger partial charge in [-0.15, -0.1) is 0 Å². The summed E-state index contributed by atoms with van der Waals surface area (Å²) in [6.07, 6.45) is 0. The zero-order valence-electron chi connectivity index (χ0n) is 16.2. The summed E-state index contributed by atoms with van der Waals surface area (Å²) in [5, 5.41) is 0.530. The van der Waals surface area contributed by atoms with Crippen molar-refractivity contribution in [2.45, 2.75) is 6.92 Å². The fourth-order valence-electron chi connectivity index (χ4n) is 2.77. The average Bonchev–Trinajstić information content (AvgIpc) is 2.71. The maximum Gasteiger partial charge on any atom is 0.347 e. The van der Waals surface area contributed by atoms with Gasteiger partial charge in [0.15, 0.2) is 17.3 Å². The molecule has 0 aliphatic carbocycles. The first-order valence-electron chi connectivity index (χ1n) is 8.49. The number of fused-ring (bicyclic) bond motifs is 1. The average molecular weight is 398 g/mol. The molecule has 0 aliphatic heterocycles. The molecule has 29 heavy (non-hydrogen) atoms. The third-order valence-corrected chi connectivity index (χ3v) is 4.20. The summed E-state index contributed by atoms with van der Waals surface area (Å²) in [5.41, 5.74) is -0.430. The van der Waals surface area contributed by atoms with Crippen LogP contribution in [0.25, 0.3) is 11.0 Å². The summed E-state index contributed by atoms with van der Waals surface area (Å²) in [7, 11) is 4.33. The van der Waals surface area contributed by atoms with E-state index in [1.807, 2.05) is 0 Å². The van der Waals surface area contributed by atoms with Gasteiger partial charge < -0.3 is 23.4 Å². The Morgan fingerprint density at radius 1 is 0.897 bits per heavy atom. The lowest BCUT2D eigenvalue weighted by Gasteiger charge is -2.13. The van der Waals surface area contributed by atoms with Crippen LogP contribution in [0.5, 0.6) is 23.0 Å². The standard InChI is InChI=1S/C21H18O8/c1-11(22)15-7-12-5-6-14(10-16(12)29-21(15)24)28-20(23)13-8-17(25-2)19(27-4)18(9-13)26-3/h5-10H,1-4H3. The van der Waals surface area contributed by atoms with Gasteiger partial charge in [-0.3, -0.25) is 4.79 Å². The second-order valence-corrected chi connectivity index (χ2v) is 6.01. The van der Waals surface area contributed by atoms with Crippen molar-refractivity contribution < 1.29 is 33.0 Å². The molecule has 0 atom stereocenters. The van der Waals surface area contributed by atoms with Crippen molar-refractivity contribution in [1.29, 1.82) is 0 Å². The molecule has 0 N–H and O–H groups in total. The summed E-state index contributed by atoms with van der Waals surface area (Å²) in [6, 6.07) is 8.88. The van der Waals surface area contributed by atoms with E-state index in [-0.39, 0.29) is 22.5 Å². The number of hydrogen-bond acceptors (Lipinski definition) is 8. The van der Waals surface area contributed by atoms with Crippen molar-refractivity contribution in [3.63, 3.8) is 0 Å². The number of benzene rings is 2. The Labute approximate surface area is 165 Å². The van der Waals surface area contributed by atoms with Crippen molar-refractivity contribution in [2.75, 3.05) is 21.3 Å². The van der Waals surface area contributed by atoms with Crippen molar-refractivity contribution in [1.82, 2.24) is 0 Å². The molecule has 0 amide bonds. The molecule has 1 heterocycles. The highest BCUT2D eigenvalue weighted by atomic mass is 16.5. The predicted octanol–water partition coefficient (Wildman–Crippen LogP) is 3.24. The SMILES string of the molecule is COc1cc(C(=O)Oc2ccc3cc(C(C)=O)c(=O)oc3c2)cc(OC)c1OC. The van der Waals surface area contributed by atoms with Gasteiger partial charge in [0.1, 0.15) is 16.9 Å². The number of ketones is 1. The first kappa shape index (κ1) is 19.9. The molecule has 0 unspecified atom stereocenters. The van der Waals surface area contributed by atoms with Crippen molar-refractivity contribution in [2.24, 2.45) is 0 Å². The third kappa shape index (κ3) is 3.91. The molecule has 0 saturated heterocycles. The normalized spacial score (nSPS) is 10.5. The van der Waals surface area contributed by atoms with E-state index in [4.69, 9.17) is 23.4 Å². The molecule has 0 spiro atoms. The van der Waals surface area contributed by atoms with E-state index in [1.165, 1.54) is 58.6 Å². The molecule has 0 fully saturated rings. The van der Waals surface area contributed by atoms with Gasteiger partial charge in [-0.1, -0.05) is 0 Å². The molecule has 0 radical (unpaired) electrons. The largest absolute Gasteiger partial charge is 0.493 e. The van der Waals surface area contributed by atoms with E-state index in [0.29, 0.717) is 22.6 Å². The molecular formula is C21H18O8. The molecular weight excluding hydrogens is 380 g/mol. The minimum absolute atomic E-state index is 0.0420. The molecule has 150 valence electrons. The molecule has 8 nitrogen and oxygen atoms in total. The minimum atomic E-state index is -0.752. The first-order valence-corrected chi connectivity index (χ1v) is 8.49. The van der Waals surface area contributed by atoms with Crippen LogP contribution in [0.1, 0.15) is 27.6 Å². The molecule has 0 aliphatic rings. The van der Waals surface area contributed by atoms with Crippen LogP contribution in [-0.2, 0) is 0 Å². The monoisotopic (exact) mass is 398 g/mol. The first-order chi connectivity index (χ1) is 13.9. The van der Waals surface area contributed by atoms with E-state index in [2.05, 4.69) is 0 Å². The van der Waals surface area contributed by atoms with Gasteiger partial charge in [0.2, 0.25) is 5.75 Å². The van der Waals surface area contributed by atoms with Gasteiger partial charge in [0.25, 0.3) is 0 Å². The molecule has 2 aromatic carbocycles. The van der Waals surface area contributed by atoms with Gasteiger partial charge in [0.05, 0.1) is 26.9 Å². The molecule has 8 heteroatoms. The van der Waals surface area contributed by atoms with Gasteiger partial charge in [-0.25, -0.2) is 9.59 Å². The summed E-state index contributed by atoms with van der Waals surface area (Å²) in [5.74, 6) is 0.0558. The zero-order valence-corrected chi connectivity index (χ0v) is 16.2. The number of hydrogen-bond donors (Lipinski definition) is 0. The molecule has 1 aromatic heterocycles. The van der Waals surface area contributed by atoms with Gasteiger partial charge in [0, 0.05) is 11.5 Å². The fourth-order valence-corrected chi connectivity index (χ4v) is 2.77. The lowest BCUT2D eigenvalue weighted by molar-refractivity contribution is 0.0733. The number of methoxy groups -OCH3 is 3. The summed E-state index contributed by atoms with van der Waals surface area (Å²) >= 11 is 0. The summed E-state index contributed by atoms with van der Waals surface area (Å²) < 4.78 is 26.2. The lowest BCUT2D eigenvalue weighted by atomic mass is 10.1. The number of carbonyl (C=O) groups excluding carboxylic acids is 2. The maximum absolute atomic E-state index is 12.6. The topological polar surface area (TPSA) is 101 Å². The van der Waals surface area contributed by atoms with Crippen molar-refractivity contribution in [3.8, 4) is 23.0 Å². The predicted molar refractivity (Wildman–Crippen MR) is 104 cm³/mol. The van der Waals surface area contributed by atoms with Crippen LogP contribution in [0.4, 0.5) is 0 Å². The van der Waals surface area contributed by atoms with E-state index in [0.717, 1.165) is 0 Å². The summed E-state index contributed by atoms with van der Waals surface area (Å²) in [6.45, 7) is 1.28. The molecule has 3 aromatic rings. The highest BCUT2D eigenvalue weighted by Crippen LogP contribution is 2.38. The number of esters is 1. The number of ether oxygens (including phenoxy) is 4. The summed E-state index contributed by atoms with van der Waals surface area (Å²) in [4.78, 5) is 36.0. The second kappa shape index (κ2) is 8.05. The minimum Gasteiger partial charge on any atom is -0.493 e. The molecule has 0 bridgehead atoms. The molecule has 3 rings (SSSR count). The van der Waals surface area contributed by atoms with Crippen LogP contribution < -0.4 is 24.6 Å². The van der Waals surface area contributed by atoms with Crippen molar-refractivity contribution in [3.05, 3.63) is 57.9 Å². The quantitative estimate of drug-likeness (QED) is 0.270. The van der Waals surface area contributed by atoms with Gasteiger partial charge in [-0.05, 0) is 37.3 Å². The Hall–Kier alpha value is -3.81. The van der Waals surface area contributed by atoms with E-state index in [1.54, 1.807) is 6.07 Å². The van der Waals surface area contributed by atoms with Crippen molar-refractivity contribution >= 4 is 22.7 Å². The van der Waals surface area contributed by atoms with Crippen LogP contribution in [0.3, 0.4) is 0 Å². The van der Waals surface area contributed by atoms with E-state index >= 15 is 0 Å². The van der Waals surface area contributed by atoms with Crippen LogP contribution in [0.15, 0.2) is 45.6 Å². The van der Waals surface area contributed by atoms with Crippen LogP contribution in [-0.4, -0.2) is 33.1 Å². The number of Topliss-reactive ketones (excluding diaryl/α,β-unsaturated/α-hetero) is 1. The lowest BCUT2D eigenvalue weighted by Crippen LogP contribution is -2.11. The third-order valence-electron chi connectivity index (χ3n) is 4.20. The highest BCUT2D eigenvalue weighted by molar-refractivity contribution is 5.97. The van der Waals surface area contributed by atoms with Crippen LogP contribution in [0.2, 0.25) is 0 Å². The van der Waals surface area contributed by atoms with Gasteiger partial charge in [-0.2, -0.15) is 0 Å². The smallest absolute Gasteiger partial charge is 0.347 e. The zero-order chi connectivity index (χ0) is 21.1. The second-order valence-electron chi connectivity index (χ2n) is 6.01. The Bertz CT molecular complexity index is 1130. The van der Waals surface area contributed by atoms with E-state index < -0.39 is 17.4 Å². The highest BCUT2D eigenvalue weighted by Gasteiger charge is 2.19. The molecule has 0 saturated carbocycles. The maximum atomic E-state index is 12.6. The van der Waals surface area contributed by atoms with Crippen LogP contribution >= 0.6 is 0 Å². The van der Waals surface area contributed by atoms with E-state index in [9.17, 15) is 14.4 Å². The Balaban J connectivity index is 1.94. The number of rotatable bonds is 6. The van der Waals surface area contributed by atoms with Crippen LogP contribution in [0, 0.1) is 0 Å². The fraction of sp³-hybridized carbons (Fsp3) is 0.190. The number of carbonyl (C=O) groups is 2. The Morgan fingerprint density at radius 2 is 1.55 bits per heavy atom.